The number of carbonyl (C=O) groups excluding carboxylic acids is 2. The second-order valence-corrected chi connectivity index (χ2v) is 13.2. The summed E-state index contributed by atoms with van der Waals surface area (Å²) in [5, 5.41) is 2.97. The van der Waals surface area contributed by atoms with Crippen molar-refractivity contribution in [2.24, 2.45) is 0 Å². The lowest BCUT2D eigenvalue weighted by atomic mass is 10.0. The Bertz CT molecular complexity index is 1510. The lowest BCUT2D eigenvalue weighted by Crippen LogP contribution is -2.56. The van der Waals surface area contributed by atoms with E-state index in [2.05, 4.69) is 5.32 Å². The highest BCUT2D eigenvalue weighted by atomic mass is 32.2. The van der Waals surface area contributed by atoms with Gasteiger partial charge in [-0.2, -0.15) is 0 Å². The number of rotatable bonds is 11. The van der Waals surface area contributed by atoms with E-state index in [1.165, 1.54) is 42.2 Å². The zero-order valence-electron chi connectivity index (χ0n) is 24.2. The zero-order chi connectivity index (χ0) is 30.5. The fourth-order valence-corrected chi connectivity index (χ4v) is 5.61. The minimum atomic E-state index is -3.93. The molecule has 1 atom stereocenters. The molecule has 11 heteroatoms. The van der Waals surface area contributed by atoms with Gasteiger partial charge in [0.25, 0.3) is 0 Å². The number of sulfonamides is 1. The Morgan fingerprint density at radius 1 is 0.952 bits per heavy atom. The van der Waals surface area contributed by atoms with Crippen LogP contribution in [0, 0.1) is 5.82 Å². The Hall–Kier alpha value is -4.12. The summed E-state index contributed by atoms with van der Waals surface area (Å²) in [5.74, 6) is -0.853. The molecule has 9 nitrogen and oxygen atoms in total. The van der Waals surface area contributed by atoms with Gasteiger partial charge < -0.3 is 19.7 Å². The van der Waals surface area contributed by atoms with Crippen molar-refractivity contribution < 1.29 is 31.9 Å². The largest absolute Gasteiger partial charge is 0.454 e. The molecule has 0 saturated carbocycles. The van der Waals surface area contributed by atoms with E-state index in [-0.39, 0.29) is 31.2 Å². The summed E-state index contributed by atoms with van der Waals surface area (Å²) in [6.07, 6.45) is 0.181. The Morgan fingerprint density at radius 3 is 2.26 bits per heavy atom. The summed E-state index contributed by atoms with van der Waals surface area (Å²) in [7, 11) is -3.93. The first-order chi connectivity index (χ1) is 19.9. The standard InChI is InChI=1S/C31H36FN3O6S/c1-5-42(38,39)35(25-15-16-27-28(18-25)41-21-40-27)20-29(36)34(19-23-11-13-24(32)14-12-23)26(30(37)33-31(2,3)4)17-22-9-7-6-8-10-22/h6-16,18,26H,5,17,19-21H2,1-4H3,(H,33,37)/t26-/m1/s1. The molecule has 1 N–H and O–H groups in total. The van der Waals surface area contributed by atoms with E-state index in [0.717, 1.165) is 9.87 Å². The van der Waals surface area contributed by atoms with Crippen LogP contribution in [0.15, 0.2) is 72.8 Å². The van der Waals surface area contributed by atoms with Gasteiger partial charge >= 0.3 is 0 Å². The first-order valence-electron chi connectivity index (χ1n) is 13.7. The number of nitrogens with one attached hydrogen (secondary N) is 1. The van der Waals surface area contributed by atoms with Crippen LogP contribution < -0.4 is 19.1 Å². The Balaban J connectivity index is 1.75. The van der Waals surface area contributed by atoms with Crippen molar-refractivity contribution >= 4 is 27.5 Å². The molecular weight excluding hydrogens is 561 g/mol. The quantitative estimate of drug-likeness (QED) is 0.354. The molecule has 1 heterocycles. The first-order valence-corrected chi connectivity index (χ1v) is 15.3. The number of hydrogen-bond donors (Lipinski definition) is 1. The molecule has 4 rings (SSSR count). The smallest absolute Gasteiger partial charge is 0.244 e. The number of anilines is 1. The van der Waals surface area contributed by atoms with Gasteiger partial charge in [-0.15, -0.1) is 0 Å². The van der Waals surface area contributed by atoms with E-state index in [9.17, 15) is 22.4 Å². The molecule has 2 amide bonds. The van der Waals surface area contributed by atoms with Gasteiger partial charge in [-0.05, 0) is 63.1 Å². The zero-order valence-corrected chi connectivity index (χ0v) is 25.0. The Morgan fingerprint density at radius 2 is 1.62 bits per heavy atom. The van der Waals surface area contributed by atoms with E-state index in [4.69, 9.17) is 9.47 Å². The predicted molar refractivity (Wildman–Crippen MR) is 158 cm³/mol. The molecule has 0 bridgehead atoms. The molecule has 1 aliphatic heterocycles. The molecule has 1 aliphatic rings. The predicted octanol–water partition coefficient (Wildman–Crippen LogP) is 4.27. The number of hydrogen-bond acceptors (Lipinski definition) is 6. The molecule has 0 fully saturated rings. The van der Waals surface area contributed by atoms with Gasteiger partial charge in [0.15, 0.2) is 11.5 Å². The SMILES string of the molecule is CCS(=O)(=O)N(CC(=O)N(Cc1ccc(F)cc1)[C@H](Cc1ccccc1)C(=O)NC(C)(C)C)c1ccc2c(c1)OCO2. The molecule has 0 saturated heterocycles. The maximum atomic E-state index is 14.2. The van der Waals surface area contributed by atoms with Gasteiger partial charge in [-0.1, -0.05) is 42.5 Å². The molecule has 3 aromatic rings. The van der Waals surface area contributed by atoms with Crippen molar-refractivity contribution in [1.82, 2.24) is 10.2 Å². The van der Waals surface area contributed by atoms with Gasteiger partial charge in [0.1, 0.15) is 18.4 Å². The molecule has 0 radical (unpaired) electrons. The Kier molecular flexibility index (Phi) is 9.40. The monoisotopic (exact) mass is 597 g/mol. The molecular formula is C31H36FN3O6S. The van der Waals surface area contributed by atoms with Crippen LogP contribution in [0.3, 0.4) is 0 Å². The third-order valence-corrected chi connectivity index (χ3v) is 8.40. The second-order valence-electron chi connectivity index (χ2n) is 11.0. The minimum absolute atomic E-state index is 0.00769. The second kappa shape index (κ2) is 12.8. The topological polar surface area (TPSA) is 105 Å². The fourth-order valence-electron chi connectivity index (χ4n) is 4.55. The van der Waals surface area contributed by atoms with E-state index in [1.54, 1.807) is 12.1 Å². The van der Waals surface area contributed by atoms with Crippen molar-refractivity contribution in [2.45, 2.75) is 52.2 Å². The van der Waals surface area contributed by atoms with E-state index in [0.29, 0.717) is 17.1 Å². The van der Waals surface area contributed by atoms with Gasteiger partial charge in [-0.3, -0.25) is 13.9 Å². The van der Waals surface area contributed by atoms with Crippen molar-refractivity contribution in [3.8, 4) is 11.5 Å². The molecule has 0 unspecified atom stereocenters. The van der Waals surface area contributed by atoms with Crippen LogP contribution in [0.5, 0.6) is 11.5 Å². The number of fused-ring (bicyclic) bond motifs is 1. The van der Waals surface area contributed by atoms with Crippen LogP contribution in [0.25, 0.3) is 0 Å². The summed E-state index contributed by atoms with van der Waals surface area (Å²) in [5.41, 5.74) is 1.03. The summed E-state index contributed by atoms with van der Waals surface area (Å²) in [6, 6.07) is 18.5. The van der Waals surface area contributed by atoms with Crippen molar-refractivity contribution in [3.63, 3.8) is 0 Å². The lowest BCUT2D eigenvalue weighted by molar-refractivity contribution is -0.140. The van der Waals surface area contributed by atoms with Crippen LogP contribution in [-0.4, -0.2) is 55.8 Å². The van der Waals surface area contributed by atoms with Crippen molar-refractivity contribution in [1.29, 1.82) is 0 Å². The molecule has 224 valence electrons. The van der Waals surface area contributed by atoms with Gasteiger partial charge in [-0.25, -0.2) is 12.8 Å². The van der Waals surface area contributed by atoms with Gasteiger partial charge in [0, 0.05) is 24.6 Å². The van der Waals surface area contributed by atoms with Crippen LogP contribution in [0.1, 0.15) is 38.8 Å². The summed E-state index contributed by atoms with van der Waals surface area (Å²) in [6.45, 7) is 6.41. The fraction of sp³-hybridized carbons (Fsp3) is 0.355. The van der Waals surface area contributed by atoms with E-state index >= 15 is 0 Å². The number of ether oxygens (including phenoxy) is 2. The molecule has 0 spiro atoms. The van der Waals surface area contributed by atoms with Crippen LogP contribution in [0.4, 0.5) is 10.1 Å². The Labute approximate surface area is 246 Å². The summed E-state index contributed by atoms with van der Waals surface area (Å²) >= 11 is 0. The lowest BCUT2D eigenvalue weighted by Gasteiger charge is -2.35. The number of halogens is 1. The number of nitrogens with zero attached hydrogens (tertiary/aromatic N) is 2. The third-order valence-electron chi connectivity index (χ3n) is 6.66. The van der Waals surface area contributed by atoms with E-state index in [1.807, 2.05) is 51.1 Å². The summed E-state index contributed by atoms with van der Waals surface area (Å²) < 4.78 is 52.1. The minimum Gasteiger partial charge on any atom is -0.454 e. The number of benzene rings is 3. The maximum Gasteiger partial charge on any atom is 0.244 e. The van der Waals surface area contributed by atoms with Crippen molar-refractivity contribution in [2.75, 3.05) is 23.4 Å². The normalized spacial score (nSPS) is 13.4. The van der Waals surface area contributed by atoms with E-state index < -0.39 is 45.8 Å². The van der Waals surface area contributed by atoms with Gasteiger partial charge in [0.2, 0.25) is 28.6 Å². The average Bonchev–Trinajstić information content (AvgIpc) is 3.42. The molecule has 3 aromatic carbocycles. The highest BCUT2D eigenvalue weighted by Crippen LogP contribution is 2.36. The molecule has 0 aromatic heterocycles. The number of amides is 2. The van der Waals surface area contributed by atoms with Crippen LogP contribution in [-0.2, 0) is 32.6 Å². The van der Waals surface area contributed by atoms with Gasteiger partial charge in [0.05, 0.1) is 11.4 Å². The molecule has 42 heavy (non-hydrogen) atoms. The number of carbonyl (C=O) groups is 2. The maximum absolute atomic E-state index is 14.2. The average molecular weight is 598 g/mol. The molecule has 0 aliphatic carbocycles. The highest BCUT2D eigenvalue weighted by Gasteiger charge is 2.35. The highest BCUT2D eigenvalue weighted by molar-refractivity contribution is 7.92. The third kappa shape index (κ3) is 7.79. The van der Waals surface area contributed by atoms with Crippen LogP contribution in [0.2, 0.25) is 0 Å². The summed E-state index contributed by atoms with van der Waals surface area (Å²) in [4.78, 5) is 29.3. The van der Waals surface area contributed by atoms with Crippen molar-refractivity contribution in [3.05, 3.63) is 89.7 Å². The van der Waals surface area contributed by atoms with Crippen LogP contribution >= 0.6 is 0 Å². The first kappa shape index (κ1) is 30.8.